The van der Waals surface area contributed by atoms with Crippen LogP contribution >= 0.6 is 35.0 Å². The molecule has 0 aromatic heterocycles. The van der Waals surface area contributed by atoms with Gasteiger partial charge in [0.15, 0.2) is 0 Å². The number of carboxylic acid groups (broad SMARTS) is 1. The van der Waals surface area contributed by atoms with E-state index in [4.69, 9.17) is 28.3 Å². The summed E-state index contributed by atoms with van der Waals surface area (Å²) in [6.07, 6.45) is 0.518. The molecule has 7 heteroatoms. The largest absolute Gasteiger partial charge is 0.481 e. The summed E-state index contributed by atoms with van der Waals surface area (Å²) in [7, 11) is 0. The number of hydrogen-bond donors (Lipinski definition) is 1. The topological polar surface area (TPSA) is 57.6 Å². The van der Waals surface area contributed by atoms with Gasteiger partial charge in [-0.1, -0.05) is 23.2 Å². The molecule has 1 saturated heterocycles. The molecule has 1 aromatic rings. The standard InChI is InChI=1S/C13H13Cl2NO3S/c14-9-1-2-10(15)11(5-9)20-7-12(17)16-4-3-8(6-16)13(18)19/h1-2,5,8H,3-4,6-7H2,(H,18,19). The van der Waals surface area contributed by atoms with Crippen LogP contribution in [0.4, 0.5) is 0 Å². The van der Waals surface area contributed by atoms with Crippen LogP contribution in [0.3, 0.4) is 0 Å². The minimum atomic E-state index is -0.842. The SMILES string of the molecule is O=C(O)C1CCN(C(=O)CSc2cc(Cl)ccc2Cl)C1. The summed E-state index contributed by atoms with van der Waals surface area (Å²) in [5.74, 6) is -1.13. The highest BCUT2D eigenvalue weighted by atomic mass is 35.5. The molecular formula is C13H13Cl2NO3S. The summed E-state index contributed by atoms with van der Waals surface area (Å²) in [6, 6.07) is 5.09. The minimum Gasteiger partial charge on any atom is -0.481 e. The van der Waals surface area contributed by atoms with Crippen molar-refractivity contribution in [1.29, 1.82) is 0 Å². The Balaban J connectivity index is 1.90. The smallest absolute Gasteiger partial charge is 0.308 e. The summed E-state index contributed by atoms with van der Waals surface area (Å²) in [5.41, 5.74) is 0. The molecule has 0 bridgehead atoms. The van der Waals surface area contributed by atoms with Crippen molar-refractivity contribution in [2.24, 2.45) is 5.92 Å². The number of halogens is 2. The van der Waals surface area contributed by atoms with Gasteiger partial charge in [-0.2, -0.15) is 0 Å². The fourth-order valence-corrected chi connectivity index (χ4v) is 3.40. The second-order valence-corrected chi connectivity index (χ2v) is 6.39. The molecule has 20 heavy (non-hydrogen) atoms. The first-order valence-electron chi connectivity index (χ1n) is 6.06. The maximum Gasteiger partial charge on any atom is 0.308 e. The molecule has 1 heterocycles. The molecule has 0 aliphatic carbocycles. The van der Waals surface area contributed by atoms with Gasteiger partial charge in [0.05, 0.1) is 16.7 Å². The number of hydrogen-bond acceptors (Lipinski definition) is 3. The van der Waals surface area contributed by atoms with Crippen molar-refractivity contribution in [3.63, 3.8) is 0 Å². The maximum atomic E-state index is 12.0. The van der Waals surface area contributed by atoms with E-state index in [1.165, 1.54) is 11.8 Å². The maximum absolute atomic E-state index is 12.0. The number of likely N-dealkylation sites (tertiary alicyclic amines) is 1. The lowest BCUT2D eigenvalue weighted by Gasteiger charge is -2.15. The third-order valence-electron chi connectivity index (χ3n) is 3.13. The lowest BCUT2D eigenvalue weighted by atomic mass is 10.1. The first-order chi connectivity index (χ1) is 9.47. The van der Waals surface area contributed by atoms with E-state index in [0.29, 0.717) is 23.0 Å². The highest BCUT2D eigenvalue weighted by Crippen LogP contribution is 2.30. The molecule has 1 amide bonds. The van der Waals surface area contributed by atoms with Gasteiger partial charge in [-0.25, -0.2) is 0 Å². The van der Waals surface area contributed by atoms with Gasteiger partial charge >= 0.3 is 5.97 Å². The molecule has 1 unspecified atom stereocenters. The minimum absolute atomic E-state index is 0.0743. The fraction of sp³-hybridized carbons (Fsp3) is 0.385. The molecular weight excluding hydrogens is 321 g/mol. The van der Waals surface area contributed by atoms with Crippen LogP contribution in [0.25, 0.3) is 0 Å². The average molecular weight is 334 g/mol. The zero-order chi connectivity index (χ0) is 14.7. The normalized spacial score (nSPS) is 18.3. The Bertz CT molecular complexity index is 538. The molecule has 0 spiro atoms. The number of aliphatic carboxylic acids is 1. The Morgan fingerprint density at radius 3 is 2.80 bits per heavy atom. The van der Waals surface area contributed by atoms with Gasteiger partial charge in [0.25, 0.3) is 0 Å². The molecule has 0 saturated carbocycles. The number of carbonyl (C=O) groups excluding carboxylic acids is 1. The molecule has 1 aliphatic rings. The Kier molecular flexibility index (Phi) is 5.18. The zero-order valence-electron chi connectivity index (χ0n) is 10.5. The average Bonchev–Trinajstić information content (AvgIpc) is 2.89. The quantitative estimate of drug-likeness (QED) is 0.860. The summed E-state index contributed by atoms with van der Waals surface area (Å²) in [5, 5.41) is 10.0. The van der Waals surface area contributed by atoms with Crippen LogP contribution < -0.4 is 0 Å². The van der Waals surface area contributed by atoms with Crippen LogP contribution in [0.2, 0.25) is 10.0 Å². The number of nitrogens with zero attached hydrogens (tertiary/aromatic N) is 1. The molecule has 1 fully saturated rings. The molecule has 108 valence electrons. The van der Waals surface area contributed by atoms with Crippen LogP contribution in [0.15, 0.2) is 23.1 Å². The highest BCUT2D eigenvalue weighted by molar-refractivity contribution is 8.00. The van der Waals surface area contributed by atoms with Crippen molar-refractivity contribution in [3.8, 4) is 0 Å². The second kappa shape index (κ2) is 6.70. The fourth-order valence-electron chi connectivity index (χ4n) is 2.01. The van der Waals surface area contributed by atoms with Crippen molar-refractivity contribution < 1.29 is 14.7 Å². The Hall–Kier alpha value is -0.910. The summed E-state index contributed by atoms with van der Waals surface area (Å²) in [6.45, 7) is 0.789. The Morgan fingerprint density at radius 2 is 2.15 bits per heavy atom. The Morgan fingerprint density at radius 1 is 1.40 bits per heavy atom. The van der Waals surface area contributed by atoms with Gasteiger partial charge in [-0.3, -0.25) is 9.59 Å². The monoisotopic (exact) mass is 333 g/mol. The number of carbonyl (C=O) groups is 2. The van der Waals surface area contributed by atoms with E-state index < -0.39 is 11.9 Å². The summed E-state index contributed by atoms with van der Waals surface area (Å²) >= 11 is 13.2. The number of thioether (sulfide) groups is 1. The summed E-state index contributed by atoms with van der Waals surface area (Å²) < 4.78 is 0. The third-order valence-corrected chi connectivity index (χ3v) is 4.85. The number of rotatable bonds is 4. The highest BCUT2D eigenvalue weighted by Gasteiger charge is 2.30. The van der Waals surface area contributed by atoms with E-state index in [-0.39, 0.29) is 18.2 Å². The predicted octanol–water partition coefficient (Wildman–Crippen LogP) is 3.02. The van der Waals surface area contributed by atoms with Gasteiger partial charge in [-0.05, 0) is 24.6 Å². The first kappa shape index (κ1) is 15.5. The molecule has 1 N–H and O–H groups in total. The van der Waals surface area contributed by atoms with Crippen molar-refractivity contribution in [2.45, 2.75) is 11.3 Å². The van der Waals surface area contributed by atoms with Crippen molar-refractivity contribution in [2.75, 3.05) is 18.8 Å². The van der Waals surface area contributed by atoms with E-state index >= 15 is 0 Å². The van der Waals surface area contributed by atoms with Crippen molar-refractivity contribution in [3.05, 3.63) is 28.2 Å². The van der Waals surface area contributed by atoms with E-state index in [1.807, 2.05) is 0 Å². The molecule has 0 radical (unpaired) electrons. The number of benzene rings is 1. The van der Waals surface area contributed by atoms with Crippen molar-refractivity contribution >= 4 is 46.8 Å². The third kappa shape index (κ3) is 3.81. The van der Waals surface area contributed by atoms with E-state index in [9.17, 15) is 9.59 Å². The molecule has 1 aliphatic heterocycles. The van der Waals surface area contributed by atoms with Crippen molar-refractivity contribution in [1.82, 2.24) is 4.90 Å². The number of amides is 1. The lowest BCUT2D eigenvalue weighted by Crippen LogP contribution is -2.31. The first-order valence-corrected chi connectivity index (χ1v) is 7.80. The zero-order valence-corrected chi connectivity index (χ0v) is 12.8. The van der Waals surface area contributed by atoms with Gasteiger partial charge in [0, 0.05) is 23.0 Å². The van der Waals surface area contributed by atoms with Gasteiger partial charge in [-0.15, -0.1) is 11.8 Å². The van der Waals surface area contributed by atoms with Crippen LogP contribution in [0.1, 0.15) is 6.42 Å². The Labute approximate surface area is 131 Å². The predicted molar refractivity (Wildman–Crippen MR) is 79.5 cm³/mol. The summed E-state index contributed by atoms with van der Waals surface area (Å²) in [4.78, 5) is 25.2. The number of carboxylic acids is 1. The molecule has 2 rings (SSSR count). The van der Waals surface area contributed by atoms with E-state index in [1.54, 1.807) is 23.1 Å². The van der Waals surface area contributed by atoms with Crippen LogP contribution in [-0.4, -0.2) is 40.7 Å². The van der Waals surface area contributed by atoms with Gasteiger partial charge in [0.1, 0.15) is 0 Å². The van der Waals surface area contributed by atoms with E-state index in [2.05, 4.69) is 0 Å². The molecule has 1 atom stereocenters. The molecule has 1 aromatic carbocycles. The van der Waals surface area contributed by atoms with Crippen LogP contribution in [0.5, 0.6) is 0 Å². The molecule has 4 nitrogen and oxygen atoms in total. The lowest BCUT2D eigenvalue weighted by molar-refractivity contribution is -0.141. The van der Waals surface area contributed by atoms with Gasteiger partial charge in [0.2, 0.25) is 5.91 Å². The van der Waals surface area contributed by atoms with Gasteiger partial charge < -0.3 is 10.0 Å². The van der Waals surface area contributed by atoms with Crippen LogP contribution in [0, 0.1) is 5.92 Å². The van der Waals surface area contributed by atoms with Crippen LogP contribution in [-0.2, 0) is 9.59 Å². The van der Waals surface area contributed by atoms with E-state index in [0.717, 1.165) is 4.90 Å². The second-order valence-electron chi connectivity index (χ2n) is 4.53.